The average Bonchev–Trinajstić information content (AvgIpc) is 3.13. The van der Waals surface area contributed by atoms with Gasteiger partial charge in [0.25, 0.3) is 0 Å². The van der Waals surface area contributed by atoms with Crippen molar-refractivity contribution in [3.8, 4) is 40.1 Å². The molecule has 14 nitrogen and oxygen atoms in total. The summed E-state index contributed by atoms with van der Waals surface area (Å²) in [6.45, 7) is -0.586. The maximum absolute atomic E-state index is 12.9. The molecular weight excluding hydrogens is 692 g/mol. The van der Waals surface area contributed by atoms with Gasteiger partial charge in [0, 0.05) is 35.9 Å². The molecule has 6 N–H and O–H groups in total. The fourth-order valence-electron chi connectivity index (χ4n) is 5.38. The Labute approximate surface area is 300 Å². The zero-order valence-corrected chi connectivity index (χ0v) is 27.5. The smallest absolute Gasteiger partial charge is 0.331 e. The number of rotatable bonds is 10. The summed E-state index contributed by atoms with van der Waals surface area (Å²) in [5, 5.41) is 61.6. The maximum Gasteiger partial charge on any atom is 0.331 e. The number of carbonyl (C=O) groups excluding carboxylic acids is 2. The number of aliphatic hydroxyl groups excluding tert-OH is 2. The summed E-state index contributed by atoms with van der Waals surface area (Å²) in [4.78, 5) is 38.3. The molecule has 272 valence electrons. The van der Waals surface area contributed by atoms with E-state index >= 15 is 0 Å². The lowest BCUT2D eigenvalue weighted by Crippen LogP contribution is -2.61. The summed E-state index contributed by atoms with van der Waals surface area (Å²) in [5.74, 6) is -2.31. The SMILES string of the molecule is O=C(/C=C/c1ccc(O)cc1)OCC1O[C@@H](Oc2cc(O)c3c(=O)cc(-c4ccc(O)cc4)oc3c2)C(O)[C@@H](OC(=O)/C=C/c2ccc(O)cc2)[C@H]1O. The molecule has 0 amide bonds. The molecule has 1 saturated heterocycles. The van der Waals surface area contributed by atoms with E-state index in [2.05, 4.69) is 0 Å². The fraction of sp³-hybridized carbons (Fsp3) is 0.154. The molecule has 2 unspecified atom stereocenters. The predicted molar refractivity (Wildman–Crippen MR) is 188 cm³/mol. The lowest BCUT2D eigenvalue weighted by Gasteiger charge is -2.41. The number of hydrogen-bond acceptors (Lipinski definition) is 14. The first-order valence-corrected chi connectivity index (χ1v) is 16.0. The Kier molecular flexibility index (Phi) is 10.7. The van der Waals surface area contributed by atoms with Crippen LogP contribution in [0.25, 0.3) is 34.4 Å². The van der Waals surface area contributed by atoms with Crippen molar-refractivity contribution in [1.82, 2.24) is 0 Å². The van der Waals surface area contributed by atoms with Gasteiger partial charge in [-0.25, -0.2) is 9.59 Å². The minimum Gasteiger partial charge on any atom is -0.508 e. The second-order valence-electron chi connectivity index (χ2n) is 11.9. The third-order valence-electron chi connectivity index (χ3n) is 8.08. The molecule has 5 aromatic rings. The zero-order chi connectivity index (χ0) is 37.6. The molecule has 1 aliphatic heterocycles. The summed E-state index contributed by atoms with van der Waals surface area (Å²) in [6.07, 6.45) is -3.42. The highest BCUT2D eigenvalue weighted by atomic mass is 16.7. The highest BCUT2D eigenvalue weighted by molar-refractivity contribution is 5.88. The molecule has 5 atom stereocenters. The van der Waals surface area contributed by atoms with Crippen LogP contribution in [0.5, 0.6) is 28.7 Å². The molecule has 2 heterocycles. The van der Waals surface area contributed by atoms with Crippen molar-refractivity contribution in [2.75, 3.05) is 6.61 Å². The van der Waals surface area contributed by atoms with Gasteiger partial charge in [-0.1, -0.05) is 24.3 Å². The van der Waals surface area contributed by atoms with Crippen molar-refractivity contribution in [3.63, 3.8) is 0 Å². The molecule has 0 bridgehead atoms. The van der Waals surface area contributed by atoms with Crippen LogP contribution < -0.4 is 10.2 Å². The van der Waals surface area contributed by atoms with Crippen LogP contribution in [0.2, 0.25) is 0 Å². The molecule has 0 saturated carbocycles. The summed E-state index contributed by atoms with van der Waals surface area (Å²) < 4.78 is 28.2. The van der Waals surface area contributed by atoms with Gasteiger partial charge in [-0.3, -0.25) is 4.79 Å². The number of phenols is 4. The van der Waals surface area contributed by atoms with Crippen LogP contribution in [0.3, 0.4) is 0 Å². The number of aliphatic hydroxyl groups is 2. The fourth-order valence-corrected chi connectivity index (χ4v) is 5.38. The molecule has 1 aromatic heterocycles. The molecule has 0 radical (unpaired) electrons. The first-order valence-electron chi connectivity index (χ1n) is 16.0. The molecule has 0 spiro atoms. The van der Waals surface area contributed by atoms with E-state index < -0.39 is 60.4 Å². The molecule has 1 fully saturated rings. The normalized spacial score (nSPS) is 20.1. The van der Waals surface area contributed by atoms with Gasteiger partial charge in [-0.2, -0.15) is 0 Å². The van der Waals surface area contributed by atoms with Crippen LogP contribution in [-0.2, 0) is 23.8 Å². The van der Waals surface area contributed by atoms with Crippen molar-refractivity contribution in [1.29, 1.82) is 0 Å². The number of phenolic OH excluding ortho intramolecular Hbond substituents is 4. The number of benzene rings is 4. The summed E-state index contributed by atoms with van der Waals surface area (Å²) >= 11 is 0. The third kappa shape index (κ3) is 8.83. The number of esters is 2. The van der Waals surface area contributed by atoms with Gasteiger partial charge in [-0.15, -0.1) is 0 Å². The predicted octanol–water partition coefficient (Wildman–Crippen LogP) is 3.99. The van der Waals surface area contributed by atoms with E-state index in [1.54, 1.807) is 12.1 Å². The Morgan fingerprint density at radius 2 is 1.28 bits per heavy atom. The van der Waals surface area contributed by atoms with Crippen LogP contribution in [0, 0.1) is 0 Å². The first kappa shape index (κ1) is 36.2. The third-order valence-corrected chi connectivity index (χ3v) is 8.08. The molecular formula is C39H32O14. The Balaban J connectivity index is 1.24. The molecule has 14 heteroatoms. The van der Waals surface area contributed by atoms with Gasteiger partial charge in [0.2, 0.25) is 6.29 Å². The Hall–Kier alpha value is -6.61. The molecule has 0 aliphatic carbocycles. The highest BCUT2D eigenvalue weighted by Gasteiger charge is 2.48. The molecule has 4 aromatic carbocycles. The summed E-state index contributed by atoms with van der Waals surface area (Å²) in [5.41, 5.74) is 0.892. The monoisotopic (exact) mass is 724 g/mol. The topological polar surface area (TPSA) is 223 Å². The van der Waals surface area contributed by atoms with E-state index in [-0.39, 0.29) is 39.7 Å². The molecule has 6 rings (SSSR count). The zero-order valence-electron chi connectivity index (χ0n) is 27.5. The maximum atomic E-state index is 12.9. The van der Waals surface area contributed by atoms with Crippen LogP contribution in [0.1, 0.15) is 11.1 Å². The summed E-state index contributed by atoms with van der Waals surface area (Å²) in [7, 11) is 0. The second kappa shape index (κ2) is 15.7. The van der Waals surface area contributed by atoms with Gasteiger partial charge >= 0.3 is 11.9 Å². The quantitative estimate of drug-likeness (QED) is 0.0886. The first-order chi connectivity index (χ1) is 25.4. The lowest BCUT2D eigenvalue weighted by atomic mass is 9.99. The van der Waals surface area contributed by atoms with Crippen molar-refractivity contribution >= 4 is 35.1 Å². The van der Waals surface area contributed by atoms with Gasteiger partial charge in [0.05, 0.1) is 0 Å². The molecule has 53 heavy (non-hydrogen) atoms. The largest absolute Gasteiger partial charge is 0.508 e. The van der Waals surface area contributed by atoms with Crippen LogP contribution in [-0.4, -0.2) is 79.9 Å². The van der Waals surface area contributed by atoms with Crippen LogP contribution >= 0.6 is 0 Å². The van der Waals surface area contributed by atoms with Crippen LogP contribution in [0.4, 0.5) is 0 Å². The van der Waals surface area contributed by atoms with Crippen molar-refractivity contribution < 1.29 is 63.6 Å². The minimum absolute atomic E-state index is 0.00246. The van der Waals surface area contributed by atoms with E-state index in [1.807, 2.05) is 0 Å². The van der Waals surface area contributed by atoms with E-state index in [0.717, 1.165) is 18.2 Å². The van der Waals surface area contributed by atoms with E-state index in [9.17, 15) is 45.0 Å². The van der Waals surface area contributed by atoms with Crippen LogP contribution in [0.15, 0.2) is 112 Å². The number of ether oxygens (including phenoxy) is 4. The van der Waals surface area contributed by atoms with E-state index in [0.29, 0.717) is 16.7 Å². The van der Waals surface area contributed by atoms with Crippen molar-refractivity contribution in [2.45, 2.75) is 30.7 Å². The van der Waals surface area contributed by atoms with Gasteiger partial charge in [0.1, 0.15) is 64.3 Å². The number of aromatic hydroxyl groups is 4. The number of carbonyl (C=O) groups is 2. The Morgan fingerprint density at radius 3 is 1.89 bits per heavy atom. The standard InChI is InChI=1S/C39H32O14/c40-24-9-1-21(2-10-24)5-15-33(45)49-20-32-36(47)38(53-34(46)16-6-22-3-11-25(41)12-4-22)37(48)39(52-32)50-27-17-28(43)35-29(44)19-30(51-31(35)18-27)23-7-13-26(42)14-8-23/h1-19,32,36-43,47-48H,20H2/b15-5+,16-6+/t32?,36-,37?,38-,39+/m0/s1. The molecule has 1 aliphatic rings. The van der Waals surface area contributed by atoms with Gasteiger partial charge in [-0.05, 0) is 71.8 Å². The van der Waals surface area contributed by atoms with Gasteiger partial charge < -0.3 is 54.0 Å². The minimum atomic E-state index is -1.84. The highest BCUT2D eigenvalue weighted by Crippen LogP contribution is 2.34. The van der Waals surface area contributed by atoms with E-state index in [4.69, 9.17) is 23.4 Å². The number of hydrogen-bond donors (Lipinski definition) is 6. The Morgan fingerprint density at radius 1 is 0.717 bits per heavy atom. The van der Waals surface area contributed by atoms with E-state index in [1.165, 1.54) is 84.9 Å². The Bertz CT molecular complexity index is 2210. The van der Waals surface area contributed by atoms with Crippen molar-refractivity contribution in [2.24, 2.45) is 0 Å². The lowest BCUT2D eigenvalue weighted by molar-refractivity contribution is -0.281. The van der Waals surface area contributed by atoms with Crippen molar-refractivity contribution in [3.05, 3.63) is 124 Å². The second-order valence-corrected chi connectivity index (χ2v) is 11.9. The average molecular weight is 725 g/mol. The summed E-state index contributed by atoms with van der Waals surface area (Å²) in [6, 6.07) is 21.2. The van der Waals surface area contributed by atoms with Gasteiger partial charge in [0.15, 0.2) is 17.6 Å². The number of fused-ring (bicyclic) bond motifs is 1.